The van der Waals surface area contributed by atoms with Crippen LogP contribution >= 0.6 is 0 Å². The molecule has 3 amide bonds. The standard InChI is InChI=1S/C25H21FN2O3/c1-17-6-4-7-18(12-17)15-28-24(29)22(27-25(28)30)14-20-9-2-3-11-23(20)31-16-19-8-5-10-21(26)13-19/h2-14H,15-16H2,1H3,(H,27,30)/b22-14+. The second kappa shape index (κ2) is 8.83. The number of hydrogen-bond donors (Lipinski definition) is 1. The van der Waals surface area contributed by atoms with Crippen LogP contribution in [0.1, 0.15) is 22.3 Å². The molecule has 1 N–H and O–H groups in total. The Morgan fingerprint density at radius 2 is 1.74 bits per heavy atom. The van der Waals surface area contributed by atoms with Crippen molar-refractivity contribution in [3.63, 3.8) is 0 Å². The number of carbonyl (C=O) groups is 2. The second-order valence-electron chi connectivity index (χ2n) is 7.32. The van der Waals surface area contributed by atoms with Crippen molar-refractivity contribution in [1.29, 1.82) is 0 Å². The highest BCUT2D eigenvalue weighted by Gasteiger charge is 2.33. The number of rotatable bonds is 6. The van der Waals surface area contributed by atoms with E-state index in [1.165, 1.54) is 17.0 Å². The van der Waals surface area contributed by atoms with Gasteiger partial charge in [0.2, 0.25) is 0 Å². The van der Waals surface area contributed by atoms with Crippen LogP contribution < -0.4 is 10.1 Å². The monoisotopic (exact) mass is 416 g/mol. The number of aryl methyl sites for hydroxylation is 1. The van der Waals surface area contributed by atoms with Gasteiger partial charge in [0.05, 0.1) is 6.54 Å². The normalized spacial score (nSPS) is 14.8. The molecule has 1 heterocycles. The van der Waals surface area contributed by atoms with E-state index in [1.807, 2.05) is 43.3 Å². The van der Waals surface area contributed by atoms with Crippen molar-refractivity contribution in [2.75, 3.05) is 0 Å². The van der Waals surface area contributed by atoms with E-state index in [9.17, 15) is 14.0 Å². The summed E-state index contributed by atoms with van der Waals surface area (Å²) >= 11 is 0. The predicted octanol–water partition coefficient (Wildman–Crippen LogP) is 4.81. The molecule has 0 radical (unpaired) electrons. The summed E-state index contributed by atoms with van der Waals surface area (Å²) in [6, 6.07) is 20.6. The summed E-state index contributed by atoms with van der Waals surface area (Å²) in [6.07, 6.45) is 1.59. The fourth-order valence-corrected chi connectivity index (χ4v) is 3.38. The van der Waals surface area contributed by atoms with Crippen LogP contribution in [0.3, 0.4) is 0 Å². The molecule has 156 valence electrons. The Labute approximate surface area is 179 Å². The lowest BCUT2D eigenvalue weighted by Gasteiger charge is -2.12. The summed E-state index contributed by atoms with van der Waals surface area (Å²) < 4.78 is 19.2. The molecule has 0 spiro atoms. The molecule has 1 saturated heterocycles. The molecule has 1 fully saturated rings. The highest BCUT2D eigenvalue weighted by atomic mass is 19.1. The van der Waals surface area contributed by atoms with E-state index in [0.29, 0.717) is 16.9 Å². The highest BCUT2D eigenvalue weighted by Crippen LogP contribution is 2.24. The Bertz CT molecular complexity index is 1170. The van der Waals surface area contributed by atoms with Gasteiger partial charge in [-0.15, -0.1) is 0 Å². The second-order valence-corrected chi connectivity index (χ2v) is 7.32. The zero-order valence-electron chi connectivity index (χ0n) is 17.0. The summed E-state index contributed by atoms with van der Waals surface area (Å²) in [5, 5.41) is 2.64. The Hall–Kier alpha value is -3.93. The molecule has 1 aliphatic heterocycles. The largest absolute Gasteiger partial charge is 0.488 e. The van der Waals surface area contributed by atoms with Gasteiger partial charge < -0.3 is 10.1 Å². The van der Waals surface area contributed by atoms with Gasteiger partial charge in [-0.2, -0.15) is 0 Å². The quantitative estimate of drug-likeness (QED) is 0.464. The van der Waals surface area contributed by atoms with E-state index in [2.05, 4.69) is 5.32 Å². The van der Waals surface area contributed by atoms with E-state index in [4.69, 9.17) is 4.74 Å². The summed E-state index contributed by atoms with van der Waals surface area (Å²) in [5.41, 5.74) is 3.45. The topological polar surface area (TPSA) is 58.6 Å². The third-order valence-electron chi connectivity index (χ3n) is 4.89. The van der Waals surface area contributed by atoms with Crippen molar-refractivity contribution in [3.05, 3.63) is 107 Å². The molecular formula is C25H21FN2O3. The van der Waals surface area contributed by atoms with Crippen molar-refractivity contribution >= 4 is 18.0 Å². The first-order chi connectivity index (χ1) is 15.0. The molecule has 31 heavy (non-hydrogen) atoms. The summed E-state index contributed by atoms with van der Waals surface area (Å²) in [5.74, 6) is -0.200. The molecule has 0 aliphatic carbocycles. The van der Waals surface area contributed by atoms with Crippen LogP contribution in [0.15, 0.2) is 78.5 Å². The minimum atomic E-state index is -0.462. The third-order valence-corrected chi connectivity index (χ3v) is 4.89. The maximum Gasteiger partial charge on any atom is 0.329 e. The van der Waals surface area contributed by atoms with Crippen molar-refractivity contribution in [2.24, 2.45) is 0 Å². The van der Waals surface area contributed by atoms with Crippen LogP contribution in [-0.4, -0.2) is 16.8 Å². The van der Waals surface area contributed by atoms with E-state index < -0.39 is 11.9 Å². The number of urea groups is 1. The lowest BCUT2D eigenvalue weighted by atomic mass is 10.1. The Morgan fingerprint density at radius 1 is 0.968 bits per heavy atom. The Balaban J connectivity index is 1.52. The van der Waals surface area contributed by atoms with Crippen molar-refractivity contribution in [3.8, 4) is 5.75 Å². The van der Waals surface area contributed by atoms with Crippen LogP contribution in [0.4, 0.5) is 9.18 Å². The van der Waals surface area contributed by atoms with Crippen molar-refractivity contribution in [2.45, 2.75) is 20.1 Å². The van der Waals surface area contributed by atoms with Gasteiger partial charge in [0.25, 0.3) is 5.91 Å². The fourth-order valence-electron chi connectivity index (χ4n) is 3.38. The number of halogens is 1. The maximum absolute atomic E-state index is 13.4. The number of nitrogens with zero attached hydrogens (tertiary/aromatic N) is 1. The van der Waals surface area contributed by atoms with Crippen molar-refractivity contribution in [1.82, 2.24) is 10.2 Å². The lowest BCUT2D eigenvalue weighted by molar-refractivity contribution is -0.123. The molecule has 4 rings (SSSR count). The third kappa shape index (κ3) is 4.80. The molecule has 0 aromatic heterocycles. The number of hydrogen-bond acceptors (Lipinski definition) is 3. The van der Waals surface area contributed by atoms with E-state index >= 15 is 0 Å². The van der Waals surface area contributed by atoms with Gasteiger partial charge in [-0.3, -0.25) is 9.69 Å². The van der Waals surface area contributed by atoms with Crippen LogP contribution in [-0.2, 0) is 17.9 Å². The molecular weight excluding hydrogens is 395 g/mol. The molecule has 5 nitrogen and oxygen atoms in total. The predicted molar refractivity (Wildman–Crippen MR) is 115 cm³/mol. The number of benzene rings is 3. The van der Waals surface area contributed by atoms with Crippen LogP contribution in [0.5, 0.6) is 5.75 Å². The van der Waals surface area contributed by atoms with Crippen LogP contribution in [0.25, 0.3) is 6.08 Å². The number of amides is 3. The number of nitrogens with one attached hydrogen (secondary N) is 1. The number of carbonyl (C=O) groups excluding carboxylic acids is 2. The summed E-state index contributed by atoms with van der Waals surface area (Å²) in [6.45, 7) is 2.33. The van der Waals surface area contributed by atoms with Crippen LogP contribution in [0, 0.1) is 12.7 Å². The average Bonchev–Trinajstić information content (AvgIpc) is 3.01. The lowest BCUT2D eigenvalue weighted by Crippen LogP contribution is -2.30. The minimum Gasteiger partial charge on any atom is -0.488 e. The molecule has 0 bridgehead atoms. The number of ether oxygens (including phenoxy) is 1. The van der Waals surface area contributed by atoms with E-state index in [1.54, 1.807) is 30.3 Å². The fraction of sp³-hybridized carbons (Fsp3) is 0.120. The van der Waals surface area contributed by atoms with E-state index in [0.717, 1.165) is 11.1 Å². The smallest absolute Gasteiger partial charge is 0.329 e. The van der Waals surface area contributed by atoms with Gasteiger partial charge in [0.15, 0.2) is 0 Å². The first kappa shape index (κ1) is 20.3. The summed E-state index contributed by atoms with van der Waals surface area (Å²) in [4.78, 5) is 26.4. The molecule has 3 aromatic carbocycles. The van der Waals surface area contributed by atoms with Crippen LogP contribution in [0.2, 0.25) is 0 Å². The van der Waals surface area contributed by atoms with Gasteiger partial charge in [-0.05, 0) is 42.3 Å². The van der Waals surface area contributed by atoms with Gasteiger partial charge in [-0.1, -0.05) is 60.2 Å². The highest BCUT2D eigenvalue weighted by molar-refractivity contribution is 6.14. The van der Waals surface area contributed by atoms with Crippen molar-refractivity contribution < 1.29 is 18.7 Å². The number of para-hydroxylation sites is 1. The first-order valence-electron chi connectivity index (χ1n) is 9.86. The van der Waals surface area contributed by atoms with Gasteiger partial charge in [-0.25, -0.2) is 9.18 Å². The zero-order valence-corrected chi connectivity index (χ0v) is 17.0. The molecule has 3 aromatic rings. The Morgan fingerprint density at radius 3 is 2.55 bits per heavy atom. The van der Waals surface area contributed by atoms with Gasteiger partial charge in [0, 0.05) is 5.56 Å². The molecule has 0 unspecified atom stereocenters. The van der Waals surface area contributed by atoms with E-state index in [-0.39, 0.29) is 24.7 Å². The molecule has 6 heteroatoms. The average molecular weight is 416 g/mol. The molecule has 0 saturated carbocycles. The molecule has 1 aliphatic rings. The SMILES string of the molecule is Cc1cccc(CN2C(=O)N/C(=C/c3ccccc3OCc3cccc(F)c3)C2=O)c1. The first-order valence-corrected chi connectivity index (χ1v) is 9.86. The summed E-state index contributed by atoms with van der Waals surface area (Å²) in [7, 11) is 0. The zero-order chi connectivity index (χ0) is 21.8. The number of imide groups is 1. The van der Waals surface area contributed by atoms with Gasteiger partial charge in [0.1, 0.15) is 23.9 Å². The maximum atomic E-state index is 13.4. The van der Waals surface area contributed by atoms with Gasteiger partial charge >= 0.3 is 6.03 Å². The Kier molecular flexibility index (Phi) is 5.80. The minimum absolute atomic E-state index is 0.178. The molecule has 0 atom stereocenters.